The smallest absolute Gasteiger partial charge is 0.481 e. The lowest BCUT2D eigenvalue weighted by Gasteiger charge is -2.29. The maximum absolute atomic E-state index is 12.7. The number of hydrogen-bond acceptors (Lipinski definition) is 8. The summed E-state index contributed by atoms with van der Waals surface area (Å²) >= 11 is 0. The Hall–Kier alpha value is -2.51. The molecule has 0 bridgehead atoms. The van der Waals surface area contributed by atoms with Crippen LogP contribution in [0.25, 0.3) is 0 Å². The predicted molar refractivity (Wildman–Crippen MR) is 117 cm³/mol. The van der Waals surface area contributed by atoms with Gasteiger partial charge in [-0.05, 0) is 24.3 Å². The summed E-state index contributed by atoms with van der Waals surface area (Å²) in [5.74, 6) is -4.46. The molecule has 1 aromatic rings. The first kappa shape index (κ1) is 26.7. The number of aliphatic hydroxyl groups is 2. The highest BCUT2D eigenvalue weighted by Crippen LogP contribution is 2.35. The average molecular weight is 466 g/mol. The summed E-state index contributed by atoms with van der Waals surface area (Å²) in [6.07, 6.45) is -4.51. The van der Waals surface area contributed by atoms with Crippen LogP contribution >= 0.6 is 0 Å². The van der Waals surface area contributed by atoms with Crippen molar-refractivity contribution in [3.05, 3.63) is 35.9 Å². The largest absolute Gasteiger partial charge is 0.483 e. The summed E-state index contributed by atoms with van der Waals surface area (Å²) < 4.78 is 11.0. The third-order valence-electron chi connectivity index (χ3n) is 5.33. The highest BCUT2D eigenvalue weighted by molar-refractivity contribution is 6.47. The highest BCUT2D eigenvalue weighted by Gasteiger charge is 2.56. The molecule has 0 saturated carbocycles. The van der Waals surface area contributed by atoms with Gasteiger partial charge in [0.05, 0.1) is 18.8 Å². The van der Waals surface area contributed by atoms with Gasteiger partial charge in [0.1, 0.15) is 11.7 Å². The molecule has 0 aliphatic carbocycles. The molecule has 1 amide bonds. The molecule has 1 fully saturated rings. The van der Waals surface area contributed by atoms with Crippen molar-refractivity contribution in [2.75, 3.05) is 0 Å². The number of benzene rings is 1. The predicted octanol–water partition coefficient (Wildman–Crippen LogP) is -0.471. The van der Waals surface area contributed by atoms with Crippen LogP contribution in [0.1, 0.15) is 38.7 Å². The molecular formula is C21H31BN2O9. The van der Waals surface area contributed by atoms with Gasteiger partial charge in [0.2, 0.25) is 5.91 Å². The first-order valence-corrected chi connectivity index (χ1v) is 10.7. The van der Waals surface area contributed by atoms with E-state index in [0.29, 0.717) is 0 Å². The molecule has 7 N–H and O–H groups in total. The second-order valence-corrected chi connectivity index (χ2v) is 8.72. The first-order valence-electron chi connectivity index (χ1n) is 10.7. The molecule has 0 spiro atoms. The molecule has 4 atom stereocenters. The van der Waals surface area contributed by atoms with E-state index in [2.05, 4.69) is 5.32 Å². The van der Waals surface area contributed by atoms with Gasteiger partial charge in [-0.2, -0.15) is 0 Å². The molecule has 0 radical (unpaired) electrons. The number of nitrogens with two attached hydrogens (primary N) is 1. The van der Waals surface area contributed by atoms with E-state index in [1.165, 1.54) is 0 Å². The SMILES string of the molecule is CC(C)C[C@H](NC(=O)[C@@H](O)[C@H](N)Cc1ccccc1)B1OC(O)C(CC(=O)O)(CC(=O)O)O1. The van der Waals surface area contributed by atoms with E-state index in [1.807, 2.05) is 44.2 Å². The Balaban J connectivity index is 2.14. The van der Waals surface area contributed by atoms with E-state index in [1.54, 1.807) is 0 Å². The second kappa shape index (κ2) is 11.6. The van der Waals surface area contributed by atoms with Gasteiger partial charge in [-0.15, -0.1) is 0 Å². The lowest BCUT2D eigenvalue weighted by Crippen LogP contribution is -2.55. The highest BCUT2D eigenvalue weighted by atomic mass is 16.7. The van der Waals surface area contributed by atoms with E-state index in [-0.39, 0.29) is 18.8 Å². The molecule has 12 heteroatoms. The van der Waals surface area contributed by atoms with Gasteiger partial charge in [-0.3, -0.25) is 14.4 Å². The van der Waals surface area contributed by atoms with Gasteiger partial charge in [0, 0.05) is 6.04 Å². The average Bonchev–Trinajstić information content (AvgIpc) is 3.01. The molecule has 33 heavy (non-hydrogen) atoms. The molecule has 1 saturated heterocycles. The number of aliphatic hydroxyl groups excluding tert-OH is 2. The summed E-state index contributed by atoms with van der Waals surface area (Å²) in [5, 5.41) is 41.7. The summed E-state index contributed by atoms with van der Waals surface area (Å²) in [6.45, 7) is 3.70. The maximum Gasteiger partial charge on any atom is 0.483 e. The van der Waals surface area contributed by atoms with Gasteiger partial charge in [0.15, 0.2) is 6.29 Å². The summed E-state index contributed by atoms with van der Waals surface area (Å²) in [7, 11) is -1.33. The number of hydrogen-bond donors (Lipinski definition) is 6. The van der Waals surface area contributed by atoms with Crippen LogP contribution in [-0.2, 0) is 30.1 Å². The molecule has 2 rings (SSSR count). The minimum absolute atomic E-state index is 0.00345. The third-order valence-corrected chi connectivity index (χ3v) is 5.33. The van der Waals surface area contributed by atoms with Crippen LogP contribution in [0, 0.1) is 5.92 Å². The van der Waals surface area contributed by atoms with E-state index < -0.39 is 67.8 Å². The van der Waals surface area contributed by atoms with Gasteiger partial charge < -0.3 is 40.8 Å². The standard InChI is InChI=1S/C21H31BN2O9/c1-12(2)8-15(22-32-20(31)21(33-22,10-16(25)26)11-17(27)28)24-19(30)18(29)14(23)9-13-6-4-3-5-7-13/h3-7,12,14-15,18,20,29,31H,8-11,23H2,1-2H3,(H,24,30)(H,25,26)(H,27,28)/t14-,15+,18+,20?/m1/s1. The Morgan fingerprint density at radius 1 is 1.15 bits per heavy atom. The summed E-state index contributed by atoms with van der Waals surface area (Å²) in [6, 6.07) is 8.19. The van der Waals surface area contributed by atoms with Crippen molar-refractivity contribution in [2.24, 2.45) is 11.7 Å². The van der Waals surface area contributed by atoms with Crippen molar-refractivity contribution in [1.29, 1.82) is 0 Å². The fourth-order valence-corrected chi connectivity index (χ4v) is 3.78. The van der Waals surface area contributed by atoms with Crippen LogP contribution in [0.3, 0.4) is 0 Å². The van der Waals surface area contributed by atoms with Crippen molar-refractivity contribution < 1.29 is 44.1 Å². The quantitative estimate of drug-likeness (QED) is 0.220. The molecule has 0 aromatic heterocycles. The molecule has 182 valence electrons. The lowest BCUT2D eigenvalue weighted by atomic mass is 9.73. The number of carboxylic acids is 2. The number of aliphatic carboxylic acids is 2. The monoisotopic (exact) mass is 466 g/mol. The van der Waals surface area contributed by atoms with Crippen molar-refractivity contribution >= 4 is 25.0 Å². The molecule has 1 aromatic carbocycles. The minimum atomic E-state index is -2.02. The zero-order valence-electron chi connectivity index (χ0n) is 18.6. The summed E-state index contributed by atoms with van der Waals surface area (Å²) in [4.78, 5) is 35.3. The van der Waals surface area contributed by atoms with Crippen LogP contribution in [-0.4, -0.2) is 75.4 Å². The Labute approximate surface area is 192 Å². The van der Waals surface area contributed by atoms with Crippen molar-refractivity contribution in [3.63, 3.8) is 0 Å². The number of carboxylic acid groups (broad SMARTS) is 2. The zero-order valence-corrected chi connectivity index (χ0v) is 18.6. The molecule has 1 unspecified atom stereocenters. The Bertz CT molecular complexity index is 807. The van der Waals surface area contributed by atoms with Crippen LogP contribution in [0.15, 0.2) is 30.3 Å². The maximum atomic E-state index is 12.7. The van der Waals surface area contributed by atoms with E-state index >= 15 is 0 Å². The third kappa shape index (κ3) is 7.51. The Kier molecular flexibility index (Phi) is 9.38. The van der Waals surface area contributed by atoms with Gasteiger partial charge in [-0.25, -0.2) is 0 Å². The minimum Gasteiger partial charge on any atom is -0.481 e. The van der Waals surface area contributed by atoms with Crippen molar-refractivity contribution in [3.8, 4) is 0 Å². The molecule has 1 heterocycles. The number of carbonyl (C=O) groups excluding carboxylic acids is 1. The zero-order chi connectivity index (χ0) is 24.8. The molecule has 11 nitrogen and oxygen atoms in total. The lowest BCUT2D eigenvalue weighted by molar-refractivity contribution is -0.160. The van der Waals surface area contributed by atoms with Crippen molar-refractivity contribution in [2.45, 2.75) is 69.5 Å². The topological polar surface area (TPSA) is 189 Å². The molecular weight excluding hydrogens is 435 g/mol. The Morgan fingerprint density at radius 3 is 2.24 bits per heavy atom. The van der Waals surface area contributed by atoms with Crippen LogP contribution in [0.5, 0.6) is 0 Å². The summed E-state index contributed by atoms with van der Waals surface area (Å²) in [5.41, 5.74) is 4.83. The first-order chi connectivity index (χ1) is 15.4. The number of rotatable bonds is 12. The second-order valence-electron chi connectivity index (χ2n) is 8.72. The van der Waals surface area contributed by atoms with Crippen LogP contribution in [0.4, 0.5) is 0 Å². The number of carbonyl (C=O) groups is 3. The number of nitrogens with one attached hydrogen (secondary N) is 1. The number of amides is 1. The van der Waals surface area contributed by atoms with E-state index in [0.717, 1.165) is 5.56 Å². The fourth-order valence-electron chi connectivity index (χ4n) is 3.78. The molecule has 1 aliphatic rings. The normalized spacial score (nSPS) is 20.3. The van der Waals surface area contributed by atoms with Gasteiger partial charge in [-0.1, -0.05) is 44.2 Å². The van der Waals surface area contributed by atoms with E-state index in [4.69, 9.17) is 15.0 Å². The molecule has 1 aliphatic heterocycles. The Morgan fingerprint density at radius 2 is 1.73 bits per heavy atom. The fraction of sp³-hybridized carbons (Fsp3) is 0.571. The van der Waals surface area contributed by atoms with Crippen LogP contribution < -0.4 is 11.1 Å². The van der Waals surface area contributed by atoms with Crippen molar-refractivity contribution in [1.82, 2.24) is 5.32 Å². The van der Waals surface area contributed by atoms with Gasteiger partial charge >= 0.3 is 19.1 Å². The van der Waals surface area contributed by atoms with E-state index in [9.17, 15) is 34.8 Å². The van der Waals surface area contributed by atoms with Crippen LogP contribution in [0.2, 0.25) is 0 Å². The van der Waals surface area contributed by atoms with Gasteiger partial charge in [0.25, 0.3) is 0 Å².